The number of hydrogen-bond acceptors (Lipinski definition) is 4. The van der Waals surface area contributed by atoms with Crippen LogP contribution in [0.1, 0.15) is 11.1 Å². The Bertz CT molecular complexity index is 672. The summed E-state index contributed by atoms with van der Waals surface area (Å²) in [6.07, 6.45) is 0. The van der Waals surface area contributed by atoms with Crippen LogP contribution >= 0.6 is 11.8 Å². The second-order valence-electron chi connectivity index (χ2n) is 6.04. The first kappa shape index (κ1) is 18.0. The lowest BCUT2D eigenvalue weighted by molar-refractivity contribution is -0.118. The van der Waals surface area contributed by atoms with E-state index < -0.39 is 0 Å². The van der Waals surface area contributed by atoms with Crippen molar-refractivity contribution in [1.82, 2.24) is 10.2 Å². The molecule has 0 atom stereocenters. The Labute approximate surface area is 153 Å². The SMILES string of the molecule is O=C(CSc1ccccc1)NCc1ccccc1CN1CCOCC1. The van der Waals surface area contributed by atoms with Crippen LogP contribution in [0.15, 0.2) is 59.5 Å². The van der Waals surface area contributed by atoms with Crippen molar-refractivity contribution in [2.45, 2.75) is 18.0 Å². The average Bonchev–Trinajstić information content (AvgIpc) is 2.67. The number of benzene rings is 2. The van der Waals surface area contributed by atoms with Crippen molar-refractivity contribution >= 4 is 17.7 Å². The lowest BCUT2D eigenvalue weighted by atomic mass is 10.1. The van der Waals surface area contributed by atoms with Crippen LogP contribution < -0.4 is 5.32 Å². The molecule has 1 aliphatic heterocycles. The maximum absolute atomic E-state index is 12.1. The third kappa shape index (κ3) is 5.88. The predicted octanol–water partition coefficient (Wildman–Crippen LogP) is 2.93. The molecule has 1 heterocycles. The van der Waals surface area contributed by atoms with E-state index >= 15 is 0 Å². The van der Waals surface area contributed by atoms with Gasteiger partial charge in [-0.15, -0.1) is 11.8 Å². The van der Waals surface area contributed by atoms with Crippen LogP contribution in [0.3, 0.4) is 0 Å². The molecule has 1 saturated heterocycles. The molecular formula is C20H24N2O2S. The zero-order chi connectivity index (χ0) is 17.3. The molecule has 0 aromatic heterocycles. The highest BCUT2D eigenvalue weighted by atomic mass is 32.2. The first-order valence-electron chi connectivity index (χ1n) is 8.63. The number of nitrogens with zero attached hydrogens (tertiary/aromatic N) is 1. The zero-order valence-corrected chi connectivity index (χ0v) is 15.1. The Morgan fingerprint density at radius 2 is 1.68 bits per heavy atom. The minimum atomic E-state index is 0.0648. The Kier molecular flexibility index (Phi) is 6.91. The van der Waals surface area contributed by atoms with E-state index in [1.165, 1.54) is 11.1 Å². The van der Waals surface area contributed by atoms with Crippen LogP contribution in [0.2, 0.25) is 0 Å². The van der Waals surface area contributed by atoms with E-state index in [0.717, 1.165) is 37.7 Å². The lowest BCUT2D eigenvalue weighted by Gasteiger charge is -2.27. The number of ether oxygens (including phenoxy) is 1. The quantitative estimate of drug-likeness (QED) is 0.775. The summed E-state index contributed by atoms with van der Waals surface area (Å²) in [5.41, 5.74) is 2.47. The standard InChI is InChI=1S/C20H24N2O2S/c23-20(16-25-19-8-2-1-3-9-19)21-14-17-6-4-5-7-18(17)15-22-10-12-24-13-11-22/h1-9H,10-16H2,(H,21,23). The lowest BCUT2D eigenvalue weighted by Crippen LogP contribution is -2.36. The van der Waals surface area contributed by atoms with Gasteiger partial charge in [-0.25, -0.2) is 0 Å². The summed E-state index contributed by atoms with van der Waals surface area (Å²) in [6, 6.07) is 18.3. The molecule has 1 fully saturated rings. The van der Waals surface area contributed by atoms with E-state index in [0.29, 0.717) is 12.3 Å². The largest absolute Gasteiger partial charge is 0.379 e. The van der Waals surface area contributed by atoms with Gasteiger partial charge in [-0.05, 0) is 23.3 Å². The molecule has 2 aromatic carbocycles. The molecule has 0 aliphatic carbocycles. The van der Waals surface area contributed by atoms with Crippen LogP contribution in [0.5, 0.6) is 0 Å². The van der Waals surface area contributed by atoms with Crippen LogP contribution in [0.25, 0.3) is 0 Å². The van der Waals surface area contributed by atoms with Gasteiger partial charge in [0.25, 0.3) is 0 Å². The minimum absolute atomic E-state index is 0.0648. The summed E-state index contributed by atoms with van der Waals surface area (Å²) < 4.78 is 5.41. The molecule has 1 aliphatic rings. The van der Waals surface area contributed by atoms with Gasteiger partial charge in [-0.2, -0.15) is 0 Å². The molecule has 4 nitrogen and oxygen atoms in total. The zero-order valence-electron chi connectivity index (χ0n) is 14.3. The molecule has 25 heavy (non-hydrogen) atoms. The number of thioether (sulfide) groups is 1. The van der Waals surface area contributed by atoms with Crippen molar-refractivity contribution in [1.29, 1.82) is 0 Å². The molecule has 0 spiro atoms. The summed E-state index contributed by atoms with van der Waals surface area (Å²) >= 11 is 1.56. The Balaban J connectivity index is 1.49. The third-order valence-electron chi connectivity index (χ3n) is 4.21. The van der Waals surface area contributed by atoms with Crippen molar-refractivity contribution < 1.29 is 9.53 Å². The first-order chi connectivity index (χ1) is 12.3. The Morgan fingerprint density at radius 3 is 2.44 bits per heavy atom. The normalized spacial score (nSPS) is 15.0. The molecule has 3 rings (SSSR count). The second kappa shape index (κ2) is 9.61. The minimum Gasteiger partial charge on any atom is -0.379 e. The highest BCUT2D eigenvalue weighted by molar-refractivity contribution is 8.00. The van der Waals surface area contributed by atoms with E-state index in [-0.39, 0.29) is 5.91 Å². The van der Waals surface area contributed by atoms with Crippen molar-refractivity contribution in [3.05, 3.63) is 65.7 Å². The second-order valence-corrected chi connectivity index (χ2v) is 7.08. The molecule has 0 bridgehead atoms. The molecule has 0 radical (unpaired) electrons. The van der Waals surface area contributed by atoms with Crippen molar-refractivity contribution in [2.24, 2.45) is 0 Å². The number of hydrogen-bond donors (Lipinski definition) is 1. The molecule has 1 N–H and O–H groups in total. The Hall–Kier alpha value is -1.82. The van der Waals surface area contributed by atoms with Gasteiger partial charge >= 0.3 is 0 Å². The van der Waals surface area contributed by atoms with Gasteiger partial charge in [0.2, 0.25) is 5.91 Å². The van der Waals surface area contributed by atoms with Crippen molar-refractivity contribution in [3.8, 4) is 0 Å². The topological polar surface area (TPSA) is 41.6 Å². The van der Waals surface area contributed by atoms with E-state index in [4.69, 9.17) is 4.74 Å². The molecular weight excluding hydrogens is 332 g/mol. The highest BCUT2D eigenvalue weighted by Gasteiger charge is 2.13. The fourth-order valence-corrected chi connectivity index (χ4v) is 3.54. The number of carbonyl (C=O) groups excluding carboxylic acids is 1. The van der Waals surface area contributed by atoms with Gasteiger partial charge in [0, 0.05) is 31.1 Å². The van der Waals surface area contributed by atoms with Gasteiger partial charge in [0.15, 0.2) is 0 Å². The van der Waals surface area contributed by atoms with Gasteiger partial charge in [0.1, 0.15) is 0 Å². The van der Waals surface area contributed by atoms with E-state index in [1.54, 1.807) is 11.8 Å². The predicted molar refractivity (Wildman–Crippen MR) is 102 cm³/mol. The van der Waals surface area contributed by atoms with Crippen molar-refractivity contribution in [2.75, 3.05) is 32.1 Å². The molecule has 0 saturated carbocycles. The molecule has 132 valence electrons. The molecule has 5 heteroatoms. The van der Waals surface area contributed by atoms with Gasteiger partial charge in [-0.3, -0.25) is 9.69 Å². The van der Waals surface area contributed by atoms with Gasteiger partial charge < -0.3 is 10.1 Å². The summed E-state index contributed by atoms with van der Waals surface area (Å²) in [5, 5.41) is 3.04. The van der Waals surface area contributed by atoms with Crippen LogP contribution in [-0.4, -0.2) is 42.9 Å². The maximum Gasteiger partial charge on any atom is 0.230 e. The average molecular weight is 356 g/mol. The summed E-state index contributed by atoms with van der Waals surface area (Å²) in [4.78, 5) is 15.6. The fraction of sp³-hybridized carbons (Fsp3) is 0.350. The van der Waals surface area contributed by atoms with Crippen molar-refractivity contribution in [3.63, 3.8) is 0 Å². The molecule has 2 aromatic rings. The van der Waals surface area contributed by atoms with Gasteiger partial charge in [-0.1, -0.05) is 42.5 Å². The fourth-order valence-electron chi connectivity index (χ4n) is 2.79. The maximum atomic E-state index is 12.1. The number of carbonyl (C=O) groups is 1. The van der Waals surface area contributed by atoms with Crippen LogP contribution in [0, 0.1) is 0 Å². The number of morpholine rings is 1. The van der Waals surface area contributed by atoms with Crippen LogP contribution in [-0.2, 0) is 22.6 Å². The summed E-state index contributed by atoms with van der Waals surface area (Å²) in [6.45, 7) is 5.02. The molecule has 0 unspecified atom stereocenters. The summed E-state index contributed by atoms with van der Waals surface area (Å²) in [7, 11) is 0. The van der Waals surface area contributed by atoms with E-state index in [1.807, 2.05) is 36.4 Å². The first-order valence-corrected chi connectivity index (χ1v) is 9.61. The molecule has 1 amide bonds. The number of amides is 1. The monoisotopic (exact) mass is 356 g/mol. The van der Waals surface area contributed by atoms with E-state index in [9.17, 15) is 4.79 Å². The smallest absolute Gasteiger partial charge is 0.230 e. The summed E-state index contributed by atoms with van der Waals surface area (Å²) in [5.74, 6) is 0.505. The number of rotatable bonds is 7. The number of nitrogens with one attached hydrogen (secondary N) is 1. The third-order valence-corrected chi connectivity index (χ3v) is 5.22. The van der Waals surface area contributed by atoms with E-state index in [2.05, 4.69) is 28.4 Å². The van der Waals surface area contributed by atoms with Crippen LogP contribution in [0.4, 0.5) is 0 Å². The van der Waals surface area contributed by atoms with Gasteiger partial charge in [0.05, 0.1) is 19.0 Å². The highest BCUT2D eigenvalue weighted by Crippen LogP contribution is 2.17. The Morgan fingerprint density at radius 1 is 1.00 bits per heavy atom.